The second-order valence-electron chi connectivity index (χ2n) is 15.6. The minimum atomic E-state index is -4.45. The molecule has 0 aliphatic heterocycles. The summed E-state index contributed by atoms with van der Waals surface area (Å²) >= 11 is 0. The van der Waals surface area contributed by atoms with Crippen LogP contribution in [0.15, 0.2) is 200 Å². The summed E-state index contributed by atoms with van der Waals surface area (Å²) in [7, 11) is -3.23. The summed E-state index contributed by atoms with van der Waals surface area (Å²) in [5.74, 6) is 0. The monoisotopic (exact) mass is 782 g/mol. The molecule has 280 valence electrons. The highest BCUT2D eigenvalue weighted by molar-refractivity contribution is 7.19. The topological polar surface area (TPSA) is 9.86 Å². The van der Waals surface area contributed by atoms with Crippen LogP contribution < -0.4 is 20.7 Å². The van der Waals surface area contributed by atoms with Crippen LogP contribution in [0.25, 0.3) is 76.5 Å². The van der Waals surface area contributed by atoms with E-state index >= 15 is 0 Å². The highest BCUT2D eigenvalue weighted by Crippen LogP contribution is 2.40. The number of hydrogen-bond donors (Lipinski definition) is 0. The summed E-state index contributed by atoms with van der Waals surface area (Å²) in [4.78, 5) is 0. The zero-order valence-electron chi connectivity index (χ0n) is 31.6. The molecule has 0 atom stereocenters. The van der Waals surface area contributed by atoms with Crippen LogP contribution in [0.5, 0.6) is 0 Å². The summed E-state index contributed by atoms with van der Waals surface area (Å²) in [5, 5.41) is 13.9. The third-order valence-electron chi connectivity index (χ3n) is 12.6. The van der Waals surface area contributed by atoms with Gasteiger partial charge in [-0.25, -0.2) is 0 Å². The third kappa shape index (κ3) is 4.81. The van der Waals surface area contributed by atoms with Gasteiger partial charge in [-0.1, -0.05) is 152 Å². The molecular formula is C53H33F3N2Si. The molecule has 0 aliphatic carbocycles. The summed E-state index contributed by atoms with van der Waals surface area (Å²) in [6.45, 7) is 0. The maximum Gasteiger partial charge on any atom is 0.416 e. The van der Waals surface area contributed by atoms with Crippen molar-refractivity contribution in [2.75, 3.05) is 0 Å². The molecule has 10 aromatic carbocycles. The Balaban J connectivity index is 1.09. The van der Waals surface area contributed by atoms with E-state index in [1.54, 1.807) is 12.1 Å². The Labute approximate surface area is 338 Å². The van der Waals surface area contributed by atoms with E-state index in [1.807, 2.05) is 18.2 Å². The first-order chi connectivity index (χ1) is 28.9. The lowest BCUT2D eigenvalue weighted by Crippen LogP contribution is -2.74. The van der Waals surface area contributed by atoms with Crippen LogP contribution >= 0.6 is 0 Å². The number of halogens is 3. The fourth-order valence-corrected chi connectivity index (χ4v) is 14.8. The van der Waals surface area contributed by atoms with Crippen LogP contribution in [0.4, 0.5) is 13.2 Å². The molecular weight excluding hydrogens is 750 g/mol. The molecule has 2 heterocycles. The average molecular weight is 783 g/mol. The lowest BCUT2D eigenvalue weighted by atomic mass is 10.0. The van der Waals surface area contributed by atoms with Crippen LogP contribution in [0.2, 0.25) is 0 Å². The second-order valence-corrected chi connectivity index (χ2v) is 19.4. The number of benzene rings is 10. The second kappa shape index (κ2) is 12.4. The van der Waals surface area contributed by atoms with E-state index in [-0.39, 0.29) is 0 Å². The molecule has 2 nitrogen and oxygen atoms in total. The van der Waals surface area contributed by atoms with Gasteiger partial charge >= 0.3 is 6.18 Å². The third-order valence-corrected chi connectivity index (χ3v) is 17.4. The Morgan fingerprint density at radius 3 is 0.966 bits per heavy atom. The molecule has 0 radical (unpaired) electrons. The van der Waals surface area contributed by atoms with Gasteiger partial charge in [-0.3, -0.25) is 0 Å². The molecule has 0 saturated carbocycles. The predicted molar refractivity (Wildman–Crippen MR) is 241 cm³/mol. The number of hydrogen-bond acceptors (Lipinski definition) is 0. The molecule has 0 N–H and O–H groups in total. The Bertz CT molecular complexity index is 3190. The summed E-state index contributed by atoms with van der Waals surface area (Å²) in [5.41, 5.74) is 5.97. The minimum Gasteiger partial charge on any atom is -0.309 e. The number of aromatic nitrogens is 2. The first-order valence-corrected chi connectivity index (χ1v) is 21.8. The Morgan fingerprint density at radius 1 is 0.305 bits per heavy atom. The minimum absolute atomic E-state index is 0.656. The van der Waals surface area contributed by atoms with E-state index in [0.29, 0.717) is 0 Å². The Hall–Kier alpha value is -7.15. The zero-order valence-corrected chi connectivity index (χ0v) is 32.6. The van der Waals surface area contributed by atoms with Crippen LogP contribution in [-0.2, 0) is 6.18 Å². The van der Waals surface area contributed by atoms with Crippen molar-refractivity contribution in [3.8, 4) is 11.4 Å². The van der Waals surface area contributed by atoms with Gasteiger partial charge in [0, 0.05) is 32.9 Å². The smallest absolute Gasteiger partial charge is 0.309 e. The number of nitrogens with zero attached hydrogens (tertiary/aromatic N) is 2. The highest BCUT2D eigenvalue weighted by atomic mass is 28.3. The van der Waals surface area contributed by atoms with Crippen molar-refractivity contribution in [1.82, 2.24) is 9.13 Å². The number of rotatable bonds is 6. The van der Waals surface area contributed by atoms with Crippen molar-refractivity contribution in [3.05, 3.63) is 206 Å². The van der Waals surface area contributed by atoms with Crippen LogP contribution in [0.3, 0.4) is 0 Å². The van der Waals surface area contributed by atoms with Crippen LogP contribution in [-0.4, -0.2) is 17.2 Å². The molecule has 0 unspecified atom stereocenters. The van der Waals surface area contributed by atoms with Crippen molar-refractivity contribution < 1.29 is 13.2 Å². The van der Waals surface area contributed by atoms with Gasteiger partial charge < -0.3 is 9.13 Å². The van der Waals surface area contributed by atoms with Gasteiger partial charge in [0.2, 0.25) is 0 Å². The van der Waals surface area contributed by atoms with Gasteiger partial charge in [0.25, 0.3) is 0 Å². The van der Waals surface area contributed by atoms with E-state index in [2.05, 4.69) is 167 Å². The largest absolute Gasteiger partial charge is 0.416 e. The Kier molecular flexibility index (Phi) is 7.15. The van der Waals surface area contributed by atoms with Gasteiger partial charge in [0.15, 0.2) is 8.07 Å². The van der Waals surface area contributed by atoms with Crippen molar-refractivity contribution >= 4 is 94.0 Å². The maximum atomic E-state index is 14.1. The average Bonchev–Trinajstić information content (AvgIpc) is 3.81. The van der Waals surface area contributed by atoms with E-state index < -0.39 is 19.8 Å². The molecule has 0 bridgehead atoms. The molecule has 12 rings (SSSR count). The maximum absolute atomic E-state index is 14.1. The van der Waals surface area contributed by atoms with Gasteiger partial charge in [0.05, 0.1) is 27.6 Å². The molecule has 0 aliphatic rings. The SMILES string of the molecule is FC(F)(F)c1ccc([Si](c2ccccc2)(c2ccc(-n3c4cccc5ccc6cccc3c6c54)cc2)c2ccc(-n3c4cccc5ccc6cccc3c6c54)cc2)cc1. The molecule has 0 amide bonds. The van der Waals surface area contributed by atoms with Crippen molar-refractivity contribution in [3.63, 3.8) is 0 Å². The van der Waals surface area contributed by atoms with E-state index in [4.69, 9.17) is 0 Å². The quantitative estimate of drug-likeness (QED) is 0.0903. The summed E-state index contributed by atoms with van der Waals surface area (Å²) in [6.07, 6.45) is -4.45. The van der Waals surface area contributed by atoms with Crippen LogP contribution in [0.1, 0.15) is 5.56 Å². The lowest BCUT2D eigenvalue weighted by Gasteiger charge is -2.35. The summed E-state index contributed by atoms with van der Waals surface area (Å²) < 4.78 is 47.0. The van der Waals surface area contributed by atoms with Crippen molar-refractivity contribution in [1.29, 1.82) is 0 Å². The molecule has 0 saturated heterocycles. The number of alkyl halides is 3. The molecule has 59 heavy (non-hydrogen) atoms. The molecule has 12 aromatic rings. The van der Waals surface area contributed by atoms with Gasteiger partial charge in [-0.15, -0.1) is 0 Å². The van der Waals surface area contributed by atoms with Crippen molar-refractivity contribution in [2.24, 2.45) is 0 Å². The molecule has 0 spiro atoms. The standard InChI is InChI=1S/C53H33F3N2Si/c54-53(55,56)38-22-28-42(29-23-38)59(41-12-2-1-3-13-41,43-30-24-39(25-31-43)57-45-14-4-8-34-18-19-35-9-5-15-46(57)50(35)49(34)45)44-32-26-40(27-33-44)58-47-16-6-10-36-20-21-37-11-7-17-48(58)52(37)51(36)47/h1-33H. The molecule has 0 fully saturated rings. The van der Waals surface area contributed by atoms with Gasteiger partial charge in [-0.2, -0.15) is 13.2 Å². The molecule has 6 heteroatoms. The van der Waals surface area contributed by atoms with E-state index in [0.717, 1.165) is 54.2 Å². The van der Waals surface area contributed by atoms with E-state index in [9.17, 15) is 13.2 Å². The predicted octanol–water partition coefficient (Wildman–Crippen LogP) is 11.5. The first-order valence-electron chi connectivity index (χ1n) is 19.8. The van der Waals surface area contributed by atoms with Gasteiger partial charge in [0.1, 0.15) is 0 Å². The fraction of sp³-hybridized carbons (Fsp3) is 0.0189. The summed E-state index contributed by atoms with van der Waals surface area (Å²) in [6, 6.07) is 68.5. The highest BCUT2D eigenvalue weighted by Gasteiger charge is 2.42. The van der Waals surface area contributed by atoms with Gasteiger partial charge in [-0.05, 0) is 90.8 Å². The zero-order chi connectivity index (χ0) is 39.5. The first kappa shape index (κ1) is 33.9. The Morgan fingerprint density at radius 2 is 0.627 bits per heavy atom. The molecule has 2 aromatic heterocycles. The lowest BCUT2D eigenvalue weighted by molar-refractivity contribution is -0.137. The fourth-order valence-electron chi connectivity index (χ4n) is 10.1. The normalized spacial score (nSPS) is 12.7. The van der Waals surface area contributed by atoms with Crippen molar-refractivity contribution in [2.45, 2.75) is 6.18 Å². The van der Waals surface area contributed by atoms with E-state index in [1.165, 1.54) is 55.2 Å². The van der Waals surface area contributed by atoms with Crippen LogP contribution in [0, 0.1) is 0 Å².